The van der Waals surface area contributed by atoms with Gasteiger partial charge in [0.25, 0.3) is 10.0 Å². The van der Waals surface area contributed by atoms with Gasteiger partial charge in [-0.15, -0.1) is 0 Å². The van der Waals surface area contributed by atoms with E-state index >= 15 is 0 Å². The Labute approximate surface area is 265 Å². The Morgan fingerprint density at radius 2 is 1.33 bits per heavy atom. The first-order valence-electron chi connectivity index (χ1n) is 14.9. The third-order valence-electron chi connectivity index (χ3n) is 7.28. The van der Waals surface area contributed by atoms with E-state index in [0.29, 0.717) is 11.3 Å². The molecule has 0 saturated carbocycles. The summed E-state index contributed by atoms with van der Waals surface area (Å²) in [4.78, 5) is 29.8. The van der Waals surface area contributed by atoms with Gasteiger partial charge in [0, 0.05) is 18.5 Å². The fraction of sp³-hybridized carbons (Fsp3) is 0.278. The van der Waals surface area contributed by atoms with E-state index in [1.54, 1.807) is 42.5 Å². The second kappa shape index (κ2) is 14.5. The van der Waals surface area contributed by atoms with Gasteiger partial charge < -0.3 is 10.2 Å². The van der Waals surface area contributed by atoms with Crippen LogP contribution < -0.4 is 9.62 Å². The molecule has 9 heteroatoms. The molecule has 7 nitrogen and oxygen atoms in total. The van der Waals surface area contributed by atoms with Gasteiger partial charge >= 0.3 is 0 Å². The van der Waals surface area contributed by atoms with Crippen molar-refractivity contribution in [2.75, 3.05) is 10.8 Å². The van der Waals surface area contributed by atoms with Gasteiger partial charge in [-0.25, -0.2) is 12.8 Å². The molecular weight excluding hydrogens is 589 g/mol. The Bertz CT molecular complexity index is 1670. The molecule has 45 heavy (non-hydrogen) atoms. The third kappa shape index (κ3) is 9.01. The smallest absolute Gasteiger partial charge is 0.264 e. The average Bonchev–Trinajstić information content (AvgIpc) is 3.02. The first-order chi connectivity index (χ1) is 21.4. The Morgan fingerprint density at radius 3 is 1.89 bits per heavy atom. The largest absolute Gasteiger partial charge is 0.350 e. The Kier molecular flexibility index (Phi) is 10.8. The maximum absolute atomic E-state index is 14.5. The van der Waals surface area contributed by atoms with Crippen LogP contribution in [0.15, 0.2) is 114 Å². The van der Waals surface area contributed by atoms with Crippen molar-refractivity contribution in [3.8, 4) is 0 Å². The fourth-order valence-corrected chi connectivity index (χ4v) is 6.37. The summed E-state index contributed by atoms with van der Waals surface area (Å²) in [5, 5.41) is 3.00. The number of anilines is 1. The number of rotatable bonds is 12. The van der Waals surface area contributed by atoms with Crippen LogP contribution in [0, 0.1) is 5.82 Å². The zero-order chi connectivity index (χ0) is 32.6. The molecule has 4 aromatic carbocycles. The maximum atomic E-state index is 14.5. The molecule has 0 fully saturated rings. The predicted molar refractivity (Wildman–Crippen MR) is 176 cm³/mol. The number of carbonyl (C=O) groups is 2. The second-order valence-electron chi connectivity index (χ2n) is 11.9. The molecule has 1 N–H and O–H groups in total. The molecule has 4 aromatic rings. The van der Waals surface area contributed by atoms with Crippen molar-refractivity contribution in [1.82, 2.24) is 10.2 Å². The van der Waals surface area contributed by atoms with Crippen molar-refractivity contribution in [3.05, 3.63) is 132 Å². The lowest BCUT2D eigenvalue weighted by Crippen LogP contribution is -2.56. The molecule has 0 radical (unpaired) electrons. The first kappa shape index (κ1) is 33.4. The highest BCUT2D eigenvalue weighted by atomic mass is 32.2. The van der Waals surface area contributed by atoms with Gasteiger partial charge in [0.1, 0.15) is 18.4 Å². The molecule has 0 aromatic heterocycles. The zero-order valence-corrected chi connectivity index (χ0v) is 26.9. The van der Waals surface area contributed by atoms with Gasteiger partial charge in [0.05, 0.1) is 10.6 Å². The minimum Gasteiger partial charge on any atom is -0.350 e. The highest BCUT2D eigenvalue weighted by Crippen LogP contribution is 2.26. The van der Waals surface area contributed by atoms with Gasteiger partial charge in [-0.3, -0.25) is 13.9 Å². The summed E-state index contributed by atoms with van der Waals surface area (Å²) in [6, 6.07) is 29.0. The Morgan fingerprint density at radius 1 is 0.778 bits per heavy atom. The van der Waals surface area contributed by atoms with Gasteiger partial charge in [-0.1, -0.05) is 79.7 Å². The summed E-state index contributed by atoms with van der Waals surface area (Å²) >= 11 is 0. The van der Waals surface area contributed by atoms with Crippen molar-refractivity contribution in [2.45, 2.75) is 63.6 Å². The van der Waals surface area contributed by atoms with Crippen LogP contribution in [0.3, 0.4) is 0 Å². The van der Waals surface area contributed by atoms with Crippen molar-refractivity contribution in [2.24, 2.45) is 0 Å². The normalized spacial score (nSPS) is 12.3. The molecule has 0 spiro atoms. The molecule has 0 aliphatic heterocycles. The molecule has 0 aliphatic carbocycles. The maximum Gasteiger partial charge on any atom is 0.264 e. The summed E-state index contributed by atoms with van der Waals surface area (Å²) in [6.45, 7) is 6.96. The zero-order valence-electron chi connectivity index (χ0n) is 26.1. The van der Waals surface area contributed by atoms with Gasteiger partial charge in [0.2, 0.25) is 11.8 Å². The lowest BCUT2D eigenvalue weighted by molar-refractivity contribution is -0.140. The summed E-state index contributed by atoms with van der Waals surface area (Å²) in [5.74, 6) is -1.39. The summed E-state index contributed by atoms with van der Waals surface area (Å²) in [7, 11) is -4.18. The van der Waals surface area contributed by atoms with E-state index in [-0.39, 0.29) is 23.8 Å². The van der Waals surface area contributed by atoms with Crippen LogP contribution in [0.5, 0.6) is 0 Å². The lowest BCUT2D eigenvalue weighted by atomic mass is 10.0. The van der Waals surface area contributed by atoms with Crippen molar-refractivity contribution in [1.29, 1.82) is 0 Å². The number of nitrogens with one attached hydrogen (secondary N) is 1. The number of hydrogen-bond donors (Lipinski definition) is 1. The van der Waals surface area contributed by atoms with Crippen LogP contribution in [-0.4, -0.2) is 43.3 Å². The second-order valence-corrected chi connectivity index (χ2v) is 13.8. The van der Waals surface area contributed by atoms with E-state index in [0.717, 1.165) is 21.9 Å². The highest BCUT2D eigenvalue weighted by Gasteiger charge is 2.35. The fourth-order valence-electron chi connectivity index (χ4n) is 4.94. The quantitative estimate of drug-likeness (QED) is 0.204. The molecule has 0 bridgehead atoms. The molecular formula is C36H40FN3O4S. The Balaban J connectivity index is 1.81. The molecule has 1 atom stereocenters. The van der Waals surface area contributed by atoms with E-state index in [2.05, 4.69) is 5.32 Å². The van der Waals surface area contributed by atoms with Crippen molar-refractivity contribution >= 4 is 27.5 Å². The van der Waals surface area contributed by atoms with Crippen LogP contribution in [0.2, 0.25) is 0 Å². The van der Waals surface area contributed by atoms with E-state index in [1.807, 2.05) is 70.2 Å². The molecule has 0 aliphatic rings. The standard InChI is InChI=1S/C36H40FN3O4S/c1-5-27-18-22-31(23-19-27)40(45(43,44)32-14-10-7-11-15-32)26-34(41)39(25-29-16-20-30(37)21-17-29)33(35(42)38-36(2,3)4)24-28-12-8-6-9-13-28/h6-23,33H,5,24-26H2,1-4H3,(H,38,42)/t33-/m1/s1. The van der Waals surface area contributed by atoms with Crippen LogP contribution in [-0.2, 0) is 39.0 Å². The SMILES string of the molecule is CCc1ccc(N(CC(=O)N(Cc2ccc(F)cc2)[C@H](Cc2ccccc2)C(=O)NC(C)(C)C)S(=O)(=O)c2ccccc2)cc1. The van der Waals surface area contributed by atoms with E-state index in [9.17, 15) is 22.4 Å². The number of halogens is 1. The number of benzene rings is 4. The number of hydrogen-bond acceptors (Lipinski definition) is 4. The molecule has 0 unspecified atom stereocenters. The van der Waals surface area contributed by atoms with E-state index in [4.69, 9.17) is 0 Å². The van der Waals surface area contributed by atoms with Gasteiger partial charge in [0.15, 0.2) is 0 Å². The molecule has 2 amide bonds. The van der Waals surface area contributed by atoms with Crippen LogP contribution in [0.1, 0.15) is 44.4 Å². The molecule has 0 saturated heterocycles. The molecule has 4 rings (SSSR count). The first-order valence-corrected chi connectivity index (χ1v) is 16.4. The molecule has 0 heterocycles. The number of aryl methyl sites for hydroxylation is 1. The number of sulfonamides is 1. The third-order valence-corrected chi connectivity index (χ3v) is 9.07. The van der Waals surface area contributed by atoms with Gasteiger partial charge in [-0.05, 0) is 80.3 Å². The number of amides is 2. The summed E-state index contributed by atoms with van der Waals surface area (Å²) < 4.78 is 43.0. The van der Waals surface area contributed by atoms with Crippen LogP contribution >= 0.6 is 0 Å². The number of carbonyl (C=O) groups excluding carboxylic acids is 2. The predicted octanol–water partition coefficient (Wildman–Crippen LogP) is 6.14. The van der Waals surface area contributed by atoms with Crippen molar-refractivity contribution < 1.29 is 22.4 Å². The minimum atomic E-state index is -4.18. The topological polar surface area (TPSA) is 86.8 Å². The monoisotopic (exact) mass is 629 g/mol. The summed E-state index contributed by atoms with van der Waals surface area (Å²) in [6.07, 6.45) is 0.951. The molecule has 236 valence electrons. The minimum absolute atomic E-state index is 0.0359. The van der Waals surface area contributed by atoms with Crippen LogP contribution in [0.25, 0.3) is 0 Å². The average molecular weight is 630 g/mol. The number of nitrogens with zero attached hydrogens (tertiary/aromatic N) is 2. The van der Waals surface area contributed by atoms with E-state index in [1.165, 1.54) is 29.2 Å². The van der Waals surface area contributed by atoms with Crippen molar-refractivity contribution in [3.63, 3.8) is 0 Å². The van der Waals surface area contributed by atoms with Crippen LogP contribution in [0.4, 0.5) is 10.1 Å². The summed E-state index contributed by atoms with van der Waals surface area (Å²) in [5.41, 5.74) is 2.16. The highest BCUT2D eigenvalue weighted by molar-refractivity contribution is 7.92. The Hall–Kier alpha value is -4.50. The van der Waals surface area contributed by atoms with E-state index < -0.39 is 39.9 Å². The van der Waals surface area contributed by atoms with Gasteiger partial charge in [-0.2, -0.15) is 0 Å². The lowest BCUT2D eigenvalue weighted by Gasteiger charge is -2.35.